The second-order valence-electron chi connectivity index (χ2n) is 6.36. The summed E-state index contributed by atoms with van der Waals surface area (Å²) in [7, 11) is 0. The maximum Gasteiger partial charge on any atom is 0.168 e. The number of hydrogen-bond donors (Lipinski definition) is 4. The molecule has 10 heteroatoms. The van der Waals surface area contributed by atoms with E-state index in [2.05, 4.69) is 20.3 Å². The van der Waals surface area contributed by atoms with Crippen LogP contribution in [0.4, 0.5) is 5.82 Å². The van der Waals surface area contributed by atoms with Crippen LogP contribution in [-0.2, 0) is 11.3 Å². The summed E-state index contributed by atoms with van der Waals surface area (Å²) in [5, 5.41) is 33.3. The largest absolute Gasteiger partial charge is 0.467 e. The predicted molar refractivity (Wildman–Crippen MR) is 89.0 cm³/mol. The number of imidazole rings is 1. The zero-order chi connectivity index (χ0) is 18.3. The Morgan fingerprint density at radius 3 is 2.88 bits per heavy atom. The molecule has 0 aromatic carbocycles. The number of anilines is 1. The second-order valence-corrected chi connectivity index (χ2v) is 6.36. The lowest BCUT2D eigenvalue weighted by molar-refractivity contribution is -0.0950. The summed E-state index contributed by atoms with van der Waals surface area (Å²) in [6, 6.07) is 3.63. The van der Waals surface area contributed by atoms with Gasteiger partial charge in [-0.3, -0.25) is 4.57 Å². The minimum Gasteiger partial charge on any atom is -0.467 e. The Balaban J connectivity index is 1.66. The van der Waals surface area contributed by atoms with E-state index >= 15 is 0 Å². The van der Waals surface area contributed by atoms with Crippen LogP contribution < -0.4 is 5.32 Å². The quantitative estimate of drug-likeness (QED) is 0.496. The third-order valence-electron chi connectivity index (χ3n) is 4.56. The first-order valence-electron chi connectivity index (χ1n) is 8.13. The molecule has 0 spiro atoms. The monoisotopic (exact) mass is 361 g/mol. The fraction of sp³-hybridized carbons (Fsp3) is 0.438. The normalized spacial score (nSPS) is 28.7. The minimum atomic E-state index is -1.62. The van der Waals surface area contributed by atoms with Crippen LogP contribution in [0.3, 0.4) is 0 Å². The molecule has 138 valence electrons. The summed E-state index contributed by atoms with van der Waals surface area (Å²) in [4.78, 5) is 12.7. The van der Waals surface area contributed by atoms with Gasteiger partial charge in [0.2, 0.25) is 0 Å². The van der Waals surface area contributed by atoms with E-state index in [0.717, 1.165) is 5.76 Å². The first-order valence-corrected chi connectivity index (χ1v) is 8.13. The van der Waals surface area contributed by atoms with Crippen molar-refractivity contribution in [3.8, 4) is 0 Å². The van der Waals surface area contributed by atoms with Gasteiger partial charge in [-0.1, -0.05) is 0 Å². The van der Waals surface area contributed by atoms with Gasteiger partial charge in [-0.05, 0) is 19.1 Å². The number of furan rings is 1. The van der Waals surface area contributed by atoms with Gasteiger partial charge in [-0.2, -0.15) is 0 Å². The number of fused-ring (bicyclic) bond motifs is 1. The molecule has 0 saturated carbocycles. The lowest BCUT2D eigenvalue weighted by atomic mass is 9.96. The number of rotatable bonds is 5. The topological polar surface area (TPSA) is 139 Å². The van der Waals surface area contributed by atoms with Crippen molar-refractivity contribution in [1.29, 1.82) is 0 Å². The lowest BCUT2D eigenvalue weighted by Crippen LogP contribution is -2.44. The molecule has 26 heavy (non-hydrogen) atoms. The van der Waals surface area contributed by atoms with Gasteiger partial charge >= 0.3 is 0 Å². The van der Waals surface area contributed by atoms with Gasteiger partial charge in [0, 0.05) is 0 Å². The zero-order valence-electron chi connectivity index (χ0n) is 14.0. The highest BCUT2D eigenvalue weighted by atomic mass is 16.6. The molecule has 4 N–H and O–H groups in total. The molecule has 4 rings (SSSR count). The van der Waals surface area contributed by atoms with E-state index in [4.69, 9.17) is 9.15 Å². The van der Waals surface area contributed by atoms with E-state index in [1.165, 1.54) is 24.1 Å². The zero-order valence-corrected chi connectivity index (χ0v) is 14.0. The molecular formula is C16H19N5O5. The second kappa shape index (κ2) is 6.32. The standard InChI is InChI=1S/C16H19N5O5/c1-16(24)12(23)10(6-22)26-15(16)21-8-20-11-13(18-7-19-14(11)21)17-5-9-3-2-4-25-9/h2-4,7-8,10,12,15,22-24H,5-6H2,1H3,(H,17,18,19)/t10-,12-,15-,16-/m1/s1. The Bertz CT molecular complexity index is 894. The van der Waals surface area contributed by atoms with Gasteiger partial charge in [0.25, 0.3) is 0 Å². The van der Waals surface area contributed by atoms with E-state index in [-0.39, 0.29) is 0 Å². The molecule has 0 radical (unpaired) electrons. The van der Waals surface area contributed by atoms with Crippen molar-refractivity contribution >= 4 is 17.0 Å². The van der Waals surface area contributed by atoms with Gasteiger partial charge in [0.15, 0.2) is 23.2 Å². The fourth-order valence-corrected chi connectivity index (χ4v) is 3.13. The highest BCUT2D eigenvalue weighted by Crippen LogP contribution is 2.39. The van der Waals surface area contributed by atoms with E-state index < -0.39 is 30.6 Å². The van der Waals surface area contributed by atoms with Gasteiger partial charge in [-0.25, -0.2) is 15.0 Å². The van der Waals surface area contributed by atoms with E-state index in [9.17, 15) is 15.3 Å². The SMILES string of the molecule is C[C@@]1(O)[C@H](O)[C@@H](CO)O[C@H]1n1cnc2c(NCc3ccco3)ncnc21. The molecule has 10 nitrogen and oxygen atoms in total. The molecule has 1 aliphatic rings. The number of aliphatic hydroxyl groups is 3. The van der Waals surface area contributed by atoms with Gasteiger partial charge in [-0.15, -0.1) is 0 Å². The van der Waals surface area contributed by atoms with Crippen molar-refractivity contribution in [3.05, 3.63) is 36.8 Å². The maximum atomic E-state index is 10.6. The average molecular weight is 361 g/mol. The molecule has 0 bridgehead atoms. The molecule has 1 fully saturated rings. The third-order valence-corrected chi connectivity index (χ3v) is 4.56. The number of hydrogen-bond acceptors (Lipinski definition) is 9. The first kappa shape index (κ1) is 16.9. The molecule has 4 atom stereocenters. The predicted octanol–water partition coefficient (Wildman–Crippen LogP) is 0.0330. The van der Waals surface area contributed by atoms with E-state index in [1.807, 2.05) is 6.07 Å². The number of ether oxygens (including phenoxy) is 1. The number of nitrogens with one attached hydrogen (secondary N) is 1. The molecular weight excluding hydrogens is 342 g/mol. The maximum absolute atomic E-state index is 10.6. The fourth-order valence-electron chi connectivity index (χ4n) is 3.13. The smallest absolute Gasteiger partial charge is 0.168 e. The Hall–Kier alpha value is -2.53. The Morgan fingerprint density at radius 2 is 2.19 bits per heavy atom. The molecule has 3 aromatic heterocycles. The van der Waals surface area contributed by atoms with Crippen molar-refractivity contribution in [2.75, 3.05) is 11.9 Å². The average Bonchev–Trinajstić information content (AvgIpc) is 3.34. The third kappa shape index (κ3) is 2.63. The molecule has 0 unspecified atom stereocenters. The molecule has 0 aliphatic carbocycles. The highest BCUT2D eigenvalue weighted by Gasteiger charge is 2.53. The summed E-state index contributed by atoms with van der Waals surface area (Å²) in [5.41, 5.74) is -0.702. The van der Waals surface area contributed by atoms with Crippen molar-refractivity contribution in [2.24, 2.45) is 0 Å². The van der Waals surface area contributed by atoms with Gasteiger partial charge in [0.05, 0.1) is 25.7 Å². The van der Waals surface area contributed by atoms with Crippen LogP contribution in [-0.4, -0.2) is 59.3 Å². The van der Waals surface area contributed by atoms with E-state index in [0.29, 0.717) is 23.5 Å². The summed E-state index contributed by atoms with van der Waals surface area (Å²) < 4.78 is 12.4. The van der Waals surface area contributed by atoms with E-state index in [1.54, 1.807) is 12.3 Å². The number of nitrogens with zero attached hydrogens (tertiary/aromatic N) is 4. The van der Waals surface area contributed by atoms with Crippen molar-refractivity contribution in [1.82, 2.24) is 19.5 Å². The Kier molecular flexibility index (Phi) is 4.11. The molecule has 0 amide bonds. The van der Waals surface area contributed by atoms with Crippen LogP contribution in [0.1, 0.15) is 18.9 Å². The Labute approximate surface area is 148 Å². The van der Waals surface area contributed by atoms with Crippen LogP contribution in [0.2, 0.25) is 0 Å². The van der Waals surface area contributed by atoms with Gasteiger partial charge in [0.1, 0.15) is 29.9 Å². The van der Waals surface area contributed by atoms with Crippen LogP contribution in [0.25, 0.3) is 11.2 Å². The lowest BCUT2D eigenvalue weighted by Gasteiger charge is -2.27. The molecule has 4 heterocycles. The number of aliphatic hydroxyl groups excluding tert-OH is 2. The van der Waals surface area contributed by atoms with Gasteiger partial charge < -0.3 is 29.8 Å². The van der Waals surface area contributed by atoms with Crippen LogP contribution in [0.15, 0.2) is 35.5 Å². The van der Waals surface area contributed by atoms with Crippen molar-refractivity contribution < 1.29 is 24.5 Å². The van der Waals surface area contributed by atoms with Crippen molar-refractivity contribution in [2.45, 2.75) is 37.5 Å². The van der Waals surface area contributed by atoms with Crippen LogP contribution >= 0.6 is 0 Å². The molecule has 1 saturated heterocycles. The summed E-state index contributed by atoms with van der Waals surface area (Å²) in [6.45, 7) is 1.46. The first-order chi connectivity index (χ1) is 12.5. The summed E-state index contributed by atoms with van der Waals surface area (Å²) >= 11 is 0. The van der Waals surface area contributed by atoms with Crippen LogP contribution in [0, 0.1) is 0 Å². The molecule has 1 aliphatic heterocycles. The summed E-state index contributed by atoms with van der Waals surface area (Å²) in [6.07, 6.45) is 1.33. The minimum absolute atomic E-state index is 0.411. The number of aromatic nitrogens is 4. The highest BCUT2D eigenvalue weighted by molar-refractivity contribution is 5.82. The van der Waals surface area contributed by atoms with Crippen molar-refractivity contribution in [3.63, 3.8) is 0 Å². The Morgan fingerprint density at radius 1 is 1.35 bits per heavy atom. The molecule has 3 aromatic rings. The summed E-state index contributed by atoms with van der Waals surface area (Å²) in [5.74, 6) is 1.24. The van der Waals surface area contributed by atoms with Crippen LogP contribution in [0.5, 0.6) is 0 Å².